The van der Waals surface area contributed by atoms with Crippen molar-refractivity contribution in [2.24, 2.45) is 5.92 Å². The first-order chi connectivity index (χ1) is 10.6. The summed E-state index contributed by atoms with van der Waals surface area (Å²) in [7, 11) is 0. The number of carbonyl (C=O) groups is 2. The van der Waals surface area contributed by atoms with Crippen LogP contribution in [-0.2, 0) is 4.79 Å². The van der Waals surface area contributed by atoms with Crippen molar-refractivity contribution >= 4 is 23.3 Å². The van der Waals surface area contributed by atoms with Crippen molar-refractivity contribution < 1.29 is 24.5 Å². The maximum absolute atomic E-state index is 12.1. The van der Waals surface area contributed by atoms with E-state index in [2.05, 4.69) is 5.32 Å². The highest BCUT2D eigenvalue weighted by molar-refractivity contribution is 5.97. The number of nitrogens with one attached hydrogen (secondary N) is 1. The number of benzene rings is 1. The Morgan fingerprint density at radius 1 is 1.13 bits per heavy atom. The molecule has 0 aromatic heterocycles. The third-order valence-electron chi connectivity index (χ3n) is 2.90. The molecule has 0 aliphatic rings. The van der Waals surface area contributed by atoms with Crippen LogP contribution in [0.3, 0.4) is 0 Å². The third kappa shape index (κ3) is 5.02. The first-order valence-electron chi connectivity index (χ1n) is 6.59. The van der Waals surface area contributed by atoms with Gasteiger partial charge in [-0.25, -0.2) is 4.79 Å². The fraction of sp³-hybridized carbons (Fsp3) is 0.385. The van der Waals surface area contributed by atoms with E-state index in [-0.39, 0.29) is 17.9 Å². The lowest BCUT2D eigenvalue weighted by Crippen LogP contribution is -2.41. The highest BCUT2D eigenvalue weighted by atomic mass is 16.6. The first-order valence-corrected chi connectivity index (χ1v) is 6.59. The standard InChI is InChI=1S/C13H15N3O7/c1-7(2)3-11(13(18)19)14-12(17)8-4-9(15(20)21)6-10(5-8)16(22)23/h4-7,11H,3H2,1-2H3,(H,14,17)(H,18,19). The maximum atomic E-state index is 12.1. The molecular weight excluding hydrogens is 310 g/mol. The van der Waals surface area contributed by atoms with Crippen molar-refractivity contribution in [2.75, 3.05) is 0 Å². The normalized spacial score (nSPS) is 11.8. The van der Waals surface area contributed by atoms with Crippen LogP contribution in [0.4, 0.5) is 11.4 Å². The summed E-state index contributed by atoms with van der Waals surface area (Å²) in [6, 6.07) is 1.24. The fourth-order valence-corrected chi connectivity index (χ4v) is 1.87. The number of rotatable bonds is 7. The molecule has 10 heteroatoms. The zero-order chi connectivity index (χ0) is 17.7. The monoisotopic (exact) mass is 325 g/mol. The van der Waals surface area contributed by atoms with Crippen LogP contribution >= 0.6 is 0 Å². The van der Waals surface area contributed by atoms with E-state index in [1.54, 1.807) is 13.8 Å². The zero-order valence-corrected chi connectivity index (χ0v) is 12.4. The van der Waals surface area contributed by atoms with Crippen molar-refractivity contribution in [3.05, 3.63) is 44.0 Å². The van der Waals surface area contributed by atoms with Crippen LogP contribution in [0.25, 0.3) is 0 Å². The molecule has 10 nitrogen and oxygen atoms in total. The Hall–Kier alpha value is -3.04. The fourth-order valence-electron chi connectivity index (χ4n) is 1.87. The SMILES string of the molecule is CC(C)CC(NC(=O)c1cc([N+](=O)[O-])cc([N+](=O)[O-])c1)C(=O)O. The Bertz CT molecular complexity index is 625. The molecule has 0 radical (unpaired) electrons. The summed E-state index contributed by atoms with van der Waals surface area (Å²) >= 11 is 0. The second kappa shape index (κ2) is 7.29. The summed E-state index contributed by atoms with van der Waals surface area (Å²) in [6.45, 7) is 3.53. The van der Waals surface area contributed by atoms with Gasteiger partial charge in [-0.15, -0.1) is 0 Å². The molecule has 2 N–H and O–H groups in total. The van der Waals surface area contributed by atoms with Gasteiger partial charge in [-0.1, -0.05) is 13.8 Å². The molecule has 0 saturated carbocycles. The summed E-state index contributed by atoms with van der Waals surface area (Å²) < 4.78 is 0. The third-order valence-corrected chi connectivity index (χ3v) is 2.90. The highest BCUT2D eigenvalue weighted by Crippen LogP contribution is 2.22. The number of nitro groups is 2. The molecule has 0 saturated heterocycles. The molecular formula is C13H15N3O7. The zero-order valence-electron chi connectivity index (χ0n) is 12.4. The number of carboxylic acids is 1. The lowest BCUT2D eigenvalue weighted by Gasteiger charge is -2.16. The van der Waals surface area contributed by atoms with Crippen LogP contribution in [0.5, 0.6) is 0 Å². The molecule has 124 valence electrons. The van der Waals surface area contributed by atoms with Crippen molar-refractivity contribution in [3.8, 4) is 0 Å². The van der Waals surface area contributed by atoms with Crippen molar-refractivity contribution in [2.45, 2.75) is 26.3 Å². The predicted octanol–water partition coefficient (Wildman–Crippen LogP) is 1.73. The van der Waals surface area contributed by atoms with Crippen molar-refractivity contribution in [1.29, 1.82) is 0 Å². The lowest BCUT2D eigenvalue weighted by molar-refractivity contribution is -0.394. The van der Waals surface area contributed by atoms with E-state index in [0.717, 1.165) is 18.2 Å². The van der Waals surface area contributed by atoms with Gasteiger partial charge in [0, 0.05) is 12.1 Å². The Morgan fingerprint density at radius 2 is 1.61 bits per heavy atom. The van der Waals surface area contributed by atoms with Gasteiger partial charge >= 0.3 is 5.97 Å². The van der Waals surface area contributed by atoms with Crippen LogP contribution in [0.2, 0.25) is 0 Å². The lowest BCUT2D eigenvalue weighted by atomic mass is 10.0. The van der Waals surface area contributed by atoms with Crippen molar-refractivity contribution in [3.63, 3.8) is 0 Å². The summed E-state index contributed by atoms with van der Waals surface area (Å²) in [5.74, 6) is -2.20. The average molecular weight is 325 g/mol. The van der Waals surface area contributed by atoms with Gasteiger partial charge in [0.25, 0.3) is 17.3 Å². The molecule has 23 heavy (non-hydrogen) atoms. The molecule has 0 aliphatic heterocycles. The molecule has 0 aliphatic carbocycles. The van der Waals surface area contributed by atoms with Gasteiger partial charge in [0.05, 0.1) is 21.5 Å². The topological polar surface area (TPSA) is 153 Å². The number of nitro benzene ring substituents is 2. The minimum absolute atomic E-state index is 0.0177. The molecule has 1 amide bonds. The number of amides is 1. The second-order valence-corrected chi connectivity index (χ2v) is 5.25. The maximum Gasteiger partial charge on any atom is 0.326 e. The van der Waals surface area contributed by atoms with Crippen LogP contribution < -0.4 is 5.32 Å². The van der Waals surface area contributed by atoms with Crippen molar-refractivity contribution in [1.82, 2.24) is 5.32 Å². The molecule has 1 aromatic carbocycles. The minimum atomic E-state index is -1.26. The van der Waals surface area contributed by atoms with Gasteiger partial charge in [-0.2, -0.15) is 0 Å². The van der Waals surface area contributed by atoms with E-state index in [9.17, 15) is 29.8 Å². The number of carboxylic acid groups (broad SMARTS) is 1. The van der Waals surface area contributed by atoms with Crippen LogP contribution in [0.1, 0.15) is 30.6 Å². The van der Waals surface area contributed by atoms with E-state index < -0.39 is 39.1 Å². The summed E-state index contributed by atoms with van der Waals surface area (Å²) in [5.41, 5.74) is -1.60. The number of carbonyl (C=O) groups excluding carboxylic acids is 1. The van der Waals surface area contributed by atoms with Crippen LogP contribution in [0.15, 0.2) is 18.2 Å². The quantitative estimate of drug-likeness (QED) is 0.571. The Labute approximate surface area is 130 Å². The Balaban J connectivity index is 3.13. The number of hydrogen-bond donors (Lipinski definition) is 2. The Kier molecular flexibility index (Phi) is 5.71. The first kappa shape index (κ1) is 18.0. The number of nitrogens with zero attached hydrogens (tertiary/aromatic N) is 2. The van der Waals surface area contributed by atoms with Gasteiger partial charge < -0.3 is 10.4 Å². The smallest absolute Gasteiger partial charge is 0.326 e. The predicted molar refractivity (Wildman–Crippen MR) is 78.1 cm³/mol. The number of hydrogen-bond acceptors (Lipinski definition) is 6. The van der Waals surface area contributed by atoms with Gasteiger partial charge in [0.15, 0.2) is 0 Å². The van der Waals surface area contributed by atoms with E-state index in [1.165, 1.54) is 0 Å². The molecule has 0 heterocycles. The number of non-ortho nitro benzene ring substituents is 2. The molecule has 1 unspecified atom stereocenters. The molecule has 1 atom stereocenters. The van der Waals surface area contributed by atoms with E-state index in [0.29, 0.717) is 0 Å². The number of aliphatic carboxylic acids is 1. The van der Waals surface area contributed by atoms with Crippen LogP contribution in [0, 0.1) is 26.1 Å². The second-order valence-electron chi connectivity index (χ2n) is 5.25. The molecule has 0 bridgehead atoms. The van der Waals surface area contributed by atoms with E-state index in [4.69, 9.17) is 5.11 Å². The molecule has 0 spiro atoms. The van der Waals surface area contributed by atoms with Gasteiger partial charge in [0.2, 0.25) is 0 Å². The van der Waals surface area contributed by atoms with E-state index >= 15 is 0 Å². The largest absolute Gasteiger partial charge is 0.480 e. The van der Waals surface area contributed by atoms with Gasteiger partial charge in [0.1, 0.15) is 6.04 Å². The van der Waals surface area contributed by atoms with Crippen LogP contribution in [-0.4, -0.2) is 32.9 Å². The molecule has 1 aromatic rings. The van der Waals surface area contributed by atoms with E-state index in [1.807, 2.05) is 0 Å². The Morgan fingerprint density at radius 3 is 1.96 bits per heavy atom. The van der Waals surface area contributed by atoms with Gasteiger partial charge in [-0.3, -0.25) is 25.0 Å². The minimum Gasteiger partial charge on any atom is -0.480 e. The average Bonchev–Trinajstić information content (AvgIpc) is 2.45. The highest BCUT2D eigenvalue weighted by Gasteiger charge is 2.24. The summed E-state index contributed by atoms with van der Waals surface area (Å²) in [5, 5.41) is 32.9. The summed E-state index contributed by atoms with van der Waals surface area (Å²) in [6.07, 6.45) is 0.151. The summed E-state index contributed by atoms with van der Waals surface area (Å²) in [4.78, 5) is 43.0. The molecule has 0 fully saturated rings. The van der Waals surface area contributed by atoms with Gasteiger partial charge in [-0.05, 0) is 12.3 Å². The molecule has 1 rings (SSSR count).